The minimum absolute atomic E-state index is 0.0129. The van der Waals surface area contributed by atoms with Gasteiger partial charge in [0, 0.05) is 17.4 Å². The van der Waals surface area contributed by atoms with Crippen LogP contribution in [0.3, 0.4) is 0 Å². The smallest absolute Gasteiger partial charge is 0.251 e. The Hall–Kier alpha value is -0.910. The second-order valence-corrected chi connectivity index (χ2v) is 6.03. The predicted molar refractivity (Wildman–Crippen MR) is 62.7 cm³/mol. The van der Waals surface area contributed by atoms with Crippen LogP contribution in [-0.4, -0.2) is 22.0 Å². The molecule has 1 saturated heterocycles. The van der Waals surface area contributed by atoms with Gasteiger partial charge in [0.1, 0.15) is 0 Å². The Morgan fingerprint density at radius 2 is 2.18 bits per heavy atom. The largest absolute Gasteiger partial charge is 0.366 e. The van der Waals surface area contributed by atoms with Crippen LogP contribution in [0.2, 0.25) is 0 Å². The lowest BCUT2D eigenvalue weighted by Crippen LogP contribution is -2.27. The molecular formula is C11H13F3N2S. The molecule has 0 bridgehead atoms. The van der Waals surface area contributed by atoms with Gasteiger partial charge in [-0.05, 0) is 25.5 Å². The van der Waals surface area contributed by atoms with Gasteiger partial charge in [0.2, 0.25) is 0 Å². The zero-order valence-electron chi connectivity index (χ0n) is 9.40. The number of nitrogens with one attached hydrogen (secondary N) is 1. The first-order valence-electron chi connectivity index (χ1n) is 5.39. The molecule has 0 aliphatic carbocycles. The van der Waals surface area contributed by atoms with E-state index in [2.05, 4.69) is 17.2 Å². The summed E-state index contributed by atoms with van der Waals surface area (Å²) in [5.74, 6) is -2.56. The number of halogens is 3. The molecule has 2 nitrogen and oxygen atoms in total. The average molecular weight is 262 g/mol. The van der Waals surface area contributed by atoms with E-state index in [0.717, 1.165) is 18.6 Å². The highest BCUT2D eigenvalue weighted by Crippen LogP contribution is 2.37. The highest BCUT2D eigenvalue weighted by molar-refractivity contribution is 8.00. The van der Waals surface area contributed by atoms with Crippen molar-refractivity contribution in [3.05, 3.63) is 23.6 Å². The van der Waals surface area contributed by atoms with Gasteiger partial charge in [0.15, 0.2) is 17.5 Å². The minimum Gasteiger partial charge on any atom is -0.366 e. The van der Waals surface area contributed by atoms with Gasteiger partial charge >= 0.3 is 0 Å². The summed E-state index contributed by atoms with van der Waals surface area (Å²) in [6, 6.07) is 0.509. The molecule has 1 aliphatic heterocycles. The number of pyridine rings is 1. The zero-order valence-corrected chi connectivity index (χ0v) is 10.2. The van der Waals surface area contributed by atoms with Crippen LogP contribution >= 0.6 is 11.8 Å². The van der Waals surface area contributed by atoms with E-state index in [0.29, 0.717) is 12.6 Å². The molecule has 0 amide bonds. The SMILES string of the molecule is CC1(CNc2nc(F)c(F)cc2F)CCCS1. The molecular weight excluding hydrogens is 249 g/mol. The summed E-state index contributed by atoms with van der Waals surface area (Å²) in [5, 5.41) is 2.75. The number of anilines is 1. The maximum absolute atomic E-state index is 13.3. The van der Waals surface area contributed by atoms with E-state index in [9.17, 15) is 13.2 Å². The zero-order chi connectivity index (χ0) is 12.5. The van der Waals surface area contributed by atoms with Crippen molar-refractivity contribution >= 4 is 17.6 Å². The first kappa shape index (κ1) is 12.5. The molecule has 1 aliphatic rings. The number of rotatable bonds is 3. The minimum atomic E-state index is -1.28. The quantitative estimate of drug-likeness (QED) is 0.847. The van der Waals surface area contributed by atoms with Crippen molar-refractivity contribution in [2.24, 2.45) is 0 Å². The molecule has 1 unspecified atom stereocenters. The molecule has 2 heterocycles. The molecule has 1 aromatic rings. The number of thioether (sulfide) groups is 1. The third-order valence-corrected chi connectivity index (χ3v) is 4.36. The van der Waals surface area contributed by atoms with Gasteiger partial charge in [-0.25, -0.2) is 8.78 Å². The van der Waals surface area contributed by atoms with Crippen molar-refractivity contribution in [2.75, 3.05) is 17.6 Å². The van der Waals surface area contributed by atoms with Crippen molar-refractivity contribution in [1.29, 1.82) is 0 Å². The maximum atomic E-state index is 13.3. The van der Waals surface area contributed by atoms with Gasteiger partial charge in [-0.1, -0.05) is 0 Å². The fourth-order valence-corrected chi connectivity index (χ4v) is 3.06. The van der Waals surface area contributed by atoms with Gasteiger partial charge in [-0.3, -0.25) is 0 Å². The van der Waals surface area contributed by atoms with Crippen molar-refractivity contribution in [1.82, 2.24) is 4.98 Å². The summed E-state index contributed by atoms with van der Waals surface area (Å²) in [7, 11) is 0. The van der Waals surface area contributed by atoms with Crippen LogP contribution in [0.4, 0.5) is 19.0 Å². The van der Waals surface area contributed by atoms with Crippen molar-refractivity contribution in [3.63, 3.8) is 0 Å². The summed E-state index contributed by atoms with van der Waals surface area (Å²) < 4.78 is 38.8. The summed E-state index contributed by atoms with van der Waals surface area (Å²) in [4.78, 5) is 3.23. The van der Waals surface area contributed by atoms with Crippen LogP contribution in [-0.2, 0) is 0 Å². The molecule has 0 aromatic carbocycles. The standard InChI is InChI=1S/C11H13F3N2S/c1-11(3-2-4-17-11)6-15-10-8(13)5-7(12)9(14)16-10/h5H,2-4,6H2,1H3,(H,15,16). The molecule has 1 atom stereocenters. The van der Waals surface area contributed by atoms with Crippen LogP contribution in [0.15, 0.2) is 6.07 Å². The fourth-order valence-electron chi connectivity index (χ4n) is 1.82. The molecule has 94 valence electrons. The van der Waals surface area contributed by atoms with Gasteiger partial charge in [0.25, 0.3) is 5.95 Å². The highest BCUT2D eigenvalue weighted by atomic mass is 32.2. The summed E-state index contributed by atoms with van der Waals surface area (Å²) in [5.41, 5.74) is 0. The van der Waals surface area contributed by atoms with Crippen LogP contribution in [0.1, 0.15) is 19.8 Å². The molecule has 0 saturated carbocycles. The summed E-state index contributed by atoms with van der Waals surface area (Å²) in [6.07, 6.45) is 2.15. The molecule has 0 spiro atoms. The Morgan fingerprint density at radius 3 is 2.82 bits per heavy atom. The van der Waals surface area contributed by atoms with E-state index in [1.807, 2.05) is 0 Å². The third-order valence-electron chi connectivity index (χ3n) is 2.82. The second-order valence-electron chi connectivity index (χ2n) is 4.35. The lowest BCUT2D eigenvalue weighted by molar-refractivity contribution is 0.466. The Bertz CT molecular complexity index is 419. The Kier molecular flexibility index (Phi) is 3.51. The molecule has 1 N–H and O–H groups in total. The van der Waals surface area contributed by atoms with Crippen molar-refractivity contribution < 1.29 is 13.2 Å². The first-order chi connectivity index (χ1) is 8.00. The average Bonchev–Trinajstić information content (AvgIpc) is 2.69. The van der Waals surface area contributed by atoms with Crippen LogP contribution in [0.5, 0.6) is 0 Å². The van der Waals surface area contributed by atoms with E-state index in [1.54, 1.807) is 11.8 Å². The lowest BCUT2D eigenvalue weighted by Gasteiger charge is -2.23. The van der Waals surface area contributed by atoms with Crippen molar-refractivity contribution in [3.8, 4) is 0 Å². The van der Waals surface area contributed by atoms with Crippen LogP contribution in [0.25, 0.3) is 0 Å². The molecule has 1 aromatic heterocycles. The predicted octanol–water partition coefficient (Wildman–Crippen LogP) is 3.20. The first-order valence-corrected chi connectivity index (χ1v) is 6.38. The van der Waals surface area contributed by atoms with E-state index < -0.39 is 17.6 Å². The third kappa shape index (κ3) is 2.86. The molecule has 6 heteroatoms. The Balaban J connectivity index is 2.06. The number of aromatic nitrogens is 1. The topological polar surface area (TPSA) is 24.9 Å². The van der Waals surface area contributed by atoms with Gasteiger partial charge < -0.3 is 5.32 Å². The Morgan fingerprint density at radius 1 is 1.41 bits per heavy atom. The normalized spacial score (nSPS) is 24.0. The van der Waals surface area contributed by atoms with E-state index in [-0.39, 0.29) is 10.6 Å². The lowest BCUT2D eigenvalue weighted by atomic mass is 10.1. The van der Waals surface area contributed by atoms with Crippen molar-refractivity contribution in [2.45, 2.75) is 24.5 Å². The summed E-state index contributed by atoms with van der Waals surface area (Å²) >= 11 is 1.80. The van der Waals surface area contributed by atoms with Gasteiger partial charge in [-0.2, -0.15) is 21.1 Å². The van der Waals surface area contributed by atoms with E-state index in [4.69, 9.17) is 0 Å². The molecule has 17 heavy (non-hydrogen) atoms. The number of hydrogen-bond acceptors (Lipinski definition) is 3. The summed E-state index contributed by atoms with van der Waals surface area (Å²) in [6.45, 7) is 2.56. The fraction of sp³-hybridized carbons (Fsp3) is 0.545. The Labute approximate surface area is 102 Å². The molecule has 2 rings (SSSR count). The van der Waals surface area contributed by atoms with Gasteiger partial charge in [0.05, 0.1) is 0 Å². The van der Waals surface area contributed by atoms with Gasteiger partial charge in [-0.15, -0.1) is 0 Å². The number of hydrogen-bond donors (Lipinski definition) is 1. The monoisotopic (exact) mass is 262 g/mol. The highest BCUT2D eigenvalue weighted by Gasteiger charge is 2.29. The second kappa shape index (κ2) is 4.76. The van der Waals surface area contributed by atoms with Crippen LogP contribution in [0, 0.1) is 17.6 Å². The van der Waals surface area contributed by atoms with E-state index >= 15 is 0 Å². The van der Waals surface area contributed by atoms with Crippen LogP contribution < -0.4 is 5.32 Å². The number of nitrogens with zero attached hydrogens (tertiary/aromatic N) is 1. The maximum Gasteiger partial charge on any atom is 0.251 e. The molecule has 0 radical (unpaired) electrons. The molecule has 1 fully saturated rings. The van der Waals surface area contributed by atoms with E-state index in [1.165, 1.54) is 0 Å².